The third kappa shape index (κ3) is 5.31. The molecule has 0 saturated carbocycles. The zero-order chi connectivity index (χ0) is 17.5. The fraction of sp³-hybridized carbons (Fsp3) is 0.0500. The summed E-state index contributed by atoms with van der Waals surface area (Å²) in [6.07, 6.45) is 0. The predicted octanol–water partition coefficient (Wildman–Crippen LogP) is 5.27. The molecule has 0 aliphatic rings. The Bertz CT molecular complexity index is 836. The van der Waals surface area contributed by atoms with E-state index in [2.05, 4.69) is 5.32 Å². The predicted molar refractivity (Wildman–Crippen MR) is 104 cm³/mol. The Hall–Kier alpha value is -2.37. The van der Waals surface area contributed by atoms with Gasteiger partial charge in [-0.15, -0.1) is 11.8 Å². The molecule has 0 aliphatic carbocycles. The van der Waals surface area contributed by atoms with Gasteiger partial charge in [0.1, 0.15) is 5.75 Å². The van der Waals surface area contributed by atoms with E-state index in [4.69, 9.17) is 0 Å². The molecule has 2 N–H and O–H groups in total. The van der Waals surface area contributed by atoms with Crippen molar-refractivity contribution in [3.8, 4) is 5.75 Å². The molecule has 1 amide bonds. The number of para-hydroxylation sites is 1. The quantitative estimate of drug-likeness (QED) is 0.582. The first-order valence-corrected chi connectivity index (χ1v) is 9.54. The average molecular weight is 367 g/mol. The van der Waals surface area contributed by atoms with E-state index in [1.807, 2.05) is 54.6 Å². The van der Waals surface area contributed by atoms with Crippen LogP contribution >= 0.6 is 23.5 Å². The summed E-state index contributed by atoms with van der Waals surface area (Å²) in [5.41, 5.74) is 0.813. The molecule has 0 unspecified atom stereocenters. The maximum atomic E-state index is 12.3. The molecular weight excluding hydrogens is 350 g/mol. The lowest BCUT2D eigenvalue weighted by molar-refractivity contribution is -0.113. The number of benzene rings is 3. The van der Waals surface area contributed by atoms with Crippen LogP contribution in [0.2, 0.25) is 0 Å². The van der Waals surface area contributed by atoms with Crippen molar-refractivity contribution in [2.75, 3.05) is 11.1 Å². The molecule has 0 spiro atoms. The highest BCUT2D eigenvalue weighted by atomic mass is 32.2. The monoisotopic (exact) mass is 367 g/mol. The summed E-state index contributed by atoms with van der Waals surface area (Å²) in [4.78, 5) is 15.3. The standard InChI is InChI=1S/C20H17NO2S2/c22-15-10-12-16(13-11-15)24-14-20(23)21-18-8-4-5-9-19(18)25-17-6-2-1-3-7-17/h1-13,22H,14H2,(H,21,23). The van der Waals surface area contributed by atoms with Crippen molar-refractivity contribution in [2.45, 2.75) is 14.7 Å². The maximum absolute atomic E-state index is 12.3. The van der Waals surface area contributed by atoms with Crippen LogP contribution in [0.4, 0.5) is 5.69 Å². The van der Waals surface area contributed by atoms with Gasteiger partial charge in [0.2, 0.25) is 5.91 Å². The first-order chi connectivity index (χ1) is 12.2. The van der Waals surface area contributed by atoms with Crippen molar-refractivity contribution in [2.24, 2.45) is 0 Å². The Labute approximate surface area is 155 Å². The van der Waals surface area contributed by atoms with Gasteiger partial charge in [0.25, 0.3) is 0 Å². The highest BCUT2D eigenvalue weighted by Crippen LogP contribution is 2.33. The lowest BCUT2D eigenvalue weighted by Crippen LogP contribution is -2.14. The van der Waals surface area contributed by atoms with Crippen LogP contribution in [-0.2, 0) is 4.79 Å². The summed E-state index contributed by atoms with van der Waals surface area (Å²) in [5, 5.41) is 12.3. The van der Waals surface area contributed by atoms with E-state index in [0.717, 1.165) is 20.4 Å². The van der Waals surface area contributed by atoms with Crippen molar-refractivity contribution < 1.29 is 9.90 Å². The SMILES string of the molecule is O=C(CSc1ccc(O)cc1)Nc1ccccc1Sc1ccccc1. The van der Waals surface area contributed by atoms with Gasteiger partial charge in [-0.3, -0.25) is 4.79 Å². The zero-order valence-electron chi connectivity index (χ0n) is 13.4. The molecular formula is C20H17NO2S2. The number of phenols is 1. The van der Waals surface area contributed by atoms with Gasteiger partial charge < -0.3 is 10.4 Å². The molecule has 0 radical (unpaired) electrons. The Morgan fingerprint density at radius 2 is 1.52 bits per heavy atom. The minimum Gasteiger partial charge on any atom is -0.508 e. The minimum absolute atomic E-state index is 0.0563. The van der Waals surface area contributed by atoms with E-state index in [-0.39, 0.29) is 11.7 Å². The molecule has 0 atom stereocenters. The molecule has 126 valence electrons. The van der Waals surface area contributed by atoms with E-state index < -0.39 is 0 Å². The molecule has 3 aromatic rings. The normalized spacial score (nSPS) is 10.4. The summed E-state index contributed by atoms with van der Waals surface area (Å²) >= 11 is 3.06. The molecule has 0 aliphatic heterocycles. The van der Waals surface area contributed by atoms with Crippen molar-refractivity contribution in [3.63, 3.8) is 0 Å². The summed E-state index contributed by atoms with van der Waals surface area (Å²) < 4.78 is 0. The van der Waals surface area contributed by atoms with Crippen molar-refractivity contribution in [1.29, 1.82) is 0 Å². The molecule has 0 saturated heterocycles. The zero-order valence-corrected chi connectivity index (χ0v) is 15.0. The van der Waals surface area contributed by atoms with Gasteiger partial charge in [0.15, 0.2) is 0 Å². The summed E-state index contributed by atoms with van der Waals surface area (Å²) in [5.74, 6) is 0.481. The number of thioether (sulfide) groups is 1. The molecule has 0 aromatic heterocycles. The molecule has 3 rings (SSSR count). The number of hydrogen-bond acceptors (Lipinski definition) is 4. The van der Waals surface area contributed by atoms with E-state index in [1.165, 1.54) is 11.8 Å². The van der Waals surface area contributed by atoms with Crippen LogP contribution in [0.1, 0.15) is 0 Å². The van der Waals surface area contributed by atoms with Crippen molar-refractivity contribution in [1.82, 2.24) is 0 Å². The number of hydrogen-bond donors (Lipinski definition) is 2. The number of carbonyl (C=O) groups excluding carboxylic acids is 1. The molecule has 0 fully saturated rings. The van der Waals surface area contributed by atoms with Crippen LogP contribution in [0.25, 0.3) is 0 Å². The van der Waals surface area contributed by atoms with Gasteiger partial charge in [-0.25, -0.2) is 0 Å². The van der Waals surface area contributed by atoms with Gasteiger partial charge in [0.05, 0.1) is 11.4 Å². The largest absolute Gasteiger partial charge is 0.508 e. The molecule has 5 heteroatoms. The minimum atomic E-state index is -0.0563. The van der Waals surface area contributed by atoms with Crippen LogP contribution in [0, 0.1) is 0 Å². The fourth-order valence-corrected chi connectivity index (χ4v) is 3.77. The number of phenolic OH excluding ortho intramolecular Hbond substituents is 1. The van der Waals surface area contributed by atoms with Gasteiger partial charge >= 0.3 is 0 Å². The van der Waals surface area contributed by atoms with Crippen molar-refractivity contribution in [3.05, 3.63) is 78.9 Å². The molecule has 3 nitrogen and oxygen atoms in total. The van der Waals surface area contributed by atoms with Crippen LogP contribution < -0.4 is 5.32 Å². The topological polar surface area (TPSA) is 49.3 Å². The van der Waals surface area contributed by atoms with E-state index >= 15 is 0 Å². The van der Waals surface area contributed by atoms with Gasteiger partial charge in [-0.2, -0.15) is 0 Å². The highest BCUT2D eigenvalue weighted by Gasteiger charge is 2.08. The van der Waals surface area contributed by atoms with Gasteiger partial charge in [-0.05, 0) is 48.5 Å². The maximum Gasteiger partial charge on any atom is 0.234 e. The molecule has 0 heterocycles. The smallest absolute Gasteiger partial charge is 0.234 e. The molecule has 3 aromatic carbocycles. The summed E-state index contributed by atoms with van der Waals surface area (Å²) in [7, 11) is 0. The molecule has 25 heavy (non-hydrogen) atoms. The second kappa shape index (κ2) is 8.65. The van der Waals surface area contributed by atoms with Gasteiger partial charge in [0, 0.05) is 14.7 Å². The van der Waals surface area contributed by atoms with E-state index in [9.17, 15) is 9.90 Å². The Kier molecular flexibility index (Phi) is 6.04. The third-order valence-corrected chi connectivity index (χ3v) is 5.43. The Morgan fingerprint density at radius 3 is 2.28 bits per heavy atom. The molecule has 0 bridgehead atoms. The van der Waals surface area contributed by atoms with E-state index in [1.54, 1.807) is 36.0 Å². The van der Waals surface area contributed by atoms with Gasteiger partial charge in [-0.1, -0.05) is 42.1 Å². The highest BCUT2D eigenvalue weighted by molar-refractivity contribution is 8.00. The van der Waals surface area contributed by atoms with Crippen LogP contribution in [-0.4, -0.2) is 16.8 Å². The van der Waals surface area contributed by atoms with Crippen LogP contribution in [0.3, 0.4) is 0 Å². The summed E-state index contributed by atoms with van der Waals surface area (Å²) in [6, 6.07) is 24.7. The van der Waals surface area contributed by atoms with Crippen LogP contribution in [0.5, 0.6) is 5.75 Å². The second-order valence-corrected chi connectivity index (χ2v) is 7.41. The number of amides is 1. The first kappa shape index (κ1) is 17.5. The Balaban J connectivity index is 1.62. The number of anilines is 1. The fourth-order valence-electron chi connectivity index (χ4n) is 2.15. The Morgan fingerprint density at radius 1 is 0.840 bits per heavy atom. The third-order valence-electron chi connectivity index (χ3n) is 3.34. The first-order valence-electron chi connectivity index (χ1n) is 7.74. The van der Waals surface area contributed by atoms with Crippen LogP contribution in [0.15, 0.2) is 93.5 Å². The number of aromatic hydroxyl groups is 1. The number of rotatable bonds is 6. The summed E-state index contributed by atoms with van der Waals surface area (Å²) in [6.45, 7) is 0. The van der Waals surface area contributed by atoms with Crippen molar-refractivity contribution >= 4 is 35.1 Å². The average Bonchev–Trinajstić information content (AvgIpc) is 2.64. The number of carbonyl (C=O) groups is 1. The van der Waals surface area contributed by atoms with E-state index in [0.29, 0.717) is 5.75 Å². The second-order valence-electron chi connectivity index (χ2n) is 5.24. The number of nitrogens with one attached hydrogen (secondary N) is 1. The lowest BCUT2D eigenvalue weighted by atomic mass is 10.3. The lowest BCUT2D eigenvalue weighted by Gasteiger charge is -2.10.